The summed E-state index contributed by atoms with van der Waals surface area (Å²) in [5.41, 5.74) is 0.515. The third-order valence-corrected chi connectivity index (χ3v) is 8.80. The van der Waals surface area contributed by atoms with Crippen molar-refractivity contribution >= 4 is 64.3 Å². The fourth-order valence-electron chi connectivity index (χ4n) is 3.84. The second-order valence-electron chi connectivity index (χ2n) is 7.92. The van der Waals surface area contributed by atoms with Crippen LogP contribution in [0.4, 0.5) is 5.69 Å². The molecule has 1 aliphatic rings. The predicted molar refractivity (Wildman–Crippen MR) is 137 cm³/mol. The molecule has 0 saturated carbocycles. The molecule has 0 unspecified atom stereocenters. The molecule has 1 N–H and O–H groups in total. The lowest BCUT2D eigenvalue weighted by Gasteiger charge is -2.20. The van der Waals surface area contributed by atoms with E-state index in [1.165, 1.54) is 12.1 Å². The van der Waals surface area contributed by atoms with Crippen molar-refractivity contribution in [3.05, 3.63) is 63.5 Å². The molecule has 1 fully saturated rings. The van der Waals surface area contributed by atoms with Crippen LogP contribution in [0.25, 0.3) is 10.8 Å². The van der Waals surface area contributed by atoms with E-state index in [4.69, 9.17) is 4.74 Å². The molecule has 174 valence electrons. The number of ether oxygens (including phenoxy) is 1. The van der Waals surface area contributed by atoms with Gasteiger partial charge >= 0.3 is 0 Å². The van der Waals surface area contributed by atoms with Crippen molar-refractivity contribution in [2.75, 3.05) is 25.0 Å². The van der Waals surface area contributed by atoms with E-state index in [9.17, 15) is 13.2 Å². The van der Waals surface area contributed by atoms with Crippen LogP contribution in [0.3, 0.4) is 0 Å². The molecule has 0 spiro atoms. The fraction of sp³-hybridized carbons (Fsp3) is 0.292. The molecular weight excluding hydrogens is 572 g/mol. The third kappa shape index (κ3) is 5.77. The summed E-state index contributed by atoms with van der Waals surface area (Å²) in [6.45, 7) is 0.938. The van der Waals surface area contributed by atoms with Crippen LogP contribution >= 0.6 is 31.9 Å². The van der Waals surface area contributed by atoms with Gasteiger partial charge < -0.3 is 10.1 Å². The molecule has 1 aliphatic heterocycles. The smallest absolute Gasteiger partial charge is 0.262 e. The maximum Gasteiger partial charge on any atom is 0.262 e. The highest BCUT2D eigenvalue weighted by atomic mass is 79.9. The molecule has 1 saturated heterocycles. The maximum atomic E-state index is 12.9. The Labute approximate surface area is 210 Å². The summed E-state index contributed by atoms with van der Waals surface area (Å²) < 4.78 is 34.8. The van der Waals surface area contributed by atoms with E-state index in [1.807, 2.05) is 30.3 Å². The van der Waals surface area contributed by atoms with Crippen LogP contribution in [0, 0.1) is 0 Å². The Balaban J connectivity index is 1.37. The van der Waals surface area contributed by atoms with Gasteiger partial charge in [0.2, 0.25) is 10.0 Å². The molecule has 0 bridgehead atoms. The van der Waals surface area contributed by atoms with E-state index in [2.05, 4.69) is 37.2 Å². The number of hydrogen-bond acceptors (Lipinski definition) is 4. The van der Waals surface area contributed by atoms with Gasteiger partial charge in [-0.2, -0.15) is 4.31 Å². The largest absolute Gasteiger partial charge is 0.483 e. The zero-order chi connectivity index (χ0) is 23.4. The van der Waals surface area contributed by atoms with Gasteiger partial charge in [-0.3, -0.25) is 4.79 Å². The minimum absolute atomic E-state index is 0.172. The molecule has 0 radical (unpaired) electrons. The van der Waals surface area contributed by atoms with E-state index in [0.717, 1.165) is 45.4 Å². The van der Waals surface area contributed by atoms with Crippen molar-refractivity contribution in [1.82, 2.24) is 4.31 Å². The number of amides is 1. The average molecular weight is 596 g/mol. The van der Waals surface area contributed by atoms with Crippen LogP contribution in [-0.2, 0) is 14.8 Å². The predicted octanol–water partition coefficient (Wildman–Crippen LogP) is 5.95. The second kappa shape index (κ2) is 10.5. The van der Waals surface area contributed by atoms with Gasteiger partial charge in [0.25, 0.3) is 5.91 Å². The molecule has 0 atom stereocenters. The van der Waals surface area contributed by atoms with E-state index in [1.54, 1.807) is 16.4 Å². The monoisotopic (exact) mass is 594 g/mol. The van der Waals surface area contributed by atoms with Gasteiger partial charge in [-0.15, -0.1) is 0 Å². The molecule has 0 aromatic heterocycles. The minimum Gasteiger partial charge on any atom is -0.483 e. The minimum atomic E-state index is -3.51. The highest BCUT2D eigenvalue weighted by molar-refractivity contribution is 9.11. The zero-order valence-electron chi connectivity index (χ0n) is 17.9. The number of benzene rings is 3. The summed E-state index contributed by atoms with van der Waals surface area (Å²) in [4.78, 5) is 12.6. The number of carbonyl (C=O) groups excluding carboxylic acids is 1. The van der Waals surface area contributed by atoms with Gasteiger partial charge in [-0.05, 0) is 82.0 Å². The topological polar surface area (TPSA) is 75.7 Å². The number of hydrogen-bond donors (Lipinski definition) is 1. The van der Waals surface area contributed by atoms with Crippen molar-refractivity contribution < 1.29 is 17.9 Å². The number of nitrogens with one attached hydrogen (secondary N) is 1. The SMILES string of the molecule is O=C(COc1ccc2cc(Br)ccc2c1Br)Nc1ccc(S(=O)(=O)N2CCCCCC2)cc1. The van der Waals surface area contributed by atoms with E-state index >= 15 is 0 Å². The lowest BCUT2D eigenvalue weighted by molar-refractivity contribution is -0.118. The first-order valence-corrected chi connectivity index (χ1v) is 13.8. The van der Waals surface area contributed by atoms with Gasteiger partial charge in [0, 0.05) is 23.2 Å². The molecule has 9 heteroatoms. The summed E-state index contributed by atoms with van der Waals surface area (Å²) in [6, 6.07) is 15.9. The third-order valence-electron chi connectivity index (χ3n) is 5.58. The molecule has 6 nitrogen and oxygen atoms in total. The molecule has 4 rings (SSSR count). The Hall–Kier alpha value is -1.94. The van der Waals surface area contributed by atoms with E-state index < -0.39 is 10.0 Å². The number of rotatable bonds is 6. The van der Waals surface area contributed by atoms with E-state index in [0.29, 0.717) is 24.5 Å². The van der Waals surface area contributed by atoms with Crippen LogP contribution < -0.4 is 10.1 Å². The fourth-order valence-corrected chi connectivity index (χ4v) is 6.34. The van der Waals surface area contributed by atoms with Crippen molar-refractivity contribution in [3.8, 4) is 5.75 Å². The Morgan fingerprint density at radius 1 is 0.939 bits per heavy atom. The molecular formula is C24H24Br2N2O4S. The number of sulfonamides is 1. The van der Waals surface area contributed by atoms with Crippen molar-refractivity contribution in [2.24, 2.45) is 0 Å². The van der Waals surface area contributed by atoms with Gasteiger partial charge in [-0.1, -0.05) is 40.9 Å². The normalized spacial score (nSPS) is 15.2. The summed E-state index contributed by atoms with van der Waals surface area (Å²) >= 11 is 7.01. The second-order valence-corrected chi connectivity index (χ2v) is 11.6. The van der Waals surface area contributed by atoms with E-state index in [-0.39, 0.29) is 17.4 Å². The van der Waals surface area contributed by atoms with Crippen LogP contribution in [0.5, 0.6) is 5.75 Å². The molecule has 1 amide bonds. The molecule has 1 heterocycles. The number of nitrogens with zero attached hydrogens (tertiary/aromatic N) is 1. The van der Waals surface area contributed by atoms with Crippen LogP contribution in [0.2, 0.25) is 0 Å². The lowest BCUT2D eigenvalue weighted by atomic mass is 10.1. The Kier molecular flexibility index (Phi) is 7.73. The summed E-state index contributed by atoms with van der Waals surface area (Å²) in [5, 5.41) is 4.78. The standard InChI is InChI=1S/C24H24Br2N2O4S/c25-18-6-11-21-17(15-18)5-12-22(24(21)26)32-16-23(29)27-19-7-9-20(10-8-19)33(30,31)28-13-3-1-2-4-14-28/h5-12,15H,1-4,13-14,16H2,(H,27,29). The quantitative estimate of drug-likeness (QED) is 0.382. The Morgan fingerprint density at radius 2 is 1.64 bits per heavy atom. The number of fused-ring (bicyclic) bond motifs is 1. The lowest BCUT2D eigenvalue weighted by Crippen LogP contribution is -2.31. The summed E-state index contributed by atoms with van der Waals surface area (Å²) in [7, 11) is -3.51. The molecule has 33 heavy (non-hydrogen) atoms. The molecule has 3 aromatic carbocycles. The summed E-state index contributed by atoms with van der Waals surface area (Å²) in [5.74, 6) is 0.236. The van der Waals surface area contributed by atoms with Crippen molar-refractivity contribution in [3.63, 3.8) is 0 Å². The number of carbonyl (C=O) groups is 1. The average Bonchev–Trinajstić information content (AvgIpc) is 3.09. The van der Waals surface area contributed by atoms with Gasteiger partial charge in [0.15, 0.2) is 6.61 Å². The van der Waals surface area contributed by atoms with Gasteiger partial charge in [0.1, 0.15) is 5.75 Å². The Bertz CT molecular complexity index is 1260. The van der Waals surface area contributed by atoms with Gasteiger partial charge in [0.05, 0.1) is 9.37 Å². The maximum absolute atomic E-state index is 12.9. The zero-order valence-corrected chi connectivity index (χ0v) is 21.9. The first-order valence-electron chi connectivity index (χ1n) is 10.8. The molecule has 0 aliphatic carbocycles. The molecule has 3 aromatic rings. The summed E-state index contributed by atoms with van der Waals surface area (Å²) in [6.07, 6.45) is 3.90. The van der Waals surface area contributed by atoms with Crippen LogP contribution in [0.15, 0.2) is 68.4 Å². The highest BCUT2D eigenvalue weighted by Crippen LogP contribution is 2.34. The van der Waals surface area contributed by atoms with Crippen LogP contribution in [0.1, 0.15) is 25.7 Å². The van der Waals surface area contributed by atoms with Gasteiger partial charge in [-0.25, -0.2) is 8.42 Å². The van der Waals surface area contributed by atoms with Crippen molar-refractivity contribution in [1.29, 1.82) is 0 Å². The van der Waals surface area contributed by atoms with Crippen molar-refractivity contribution in [2.45, 2.75) is 30.6 Å². The Morgan fingerprint density at radius 3 is 2.33 bits per heavy atom. The first-order chi connectivity index (χ1) is 15.8. The highest BCUT2D eigenvalue weighted by Gasteiger charge is 2.25. The number of halogens is 2. The number of anilines is 1. The van der Waals surface area contributed by atoms with Crippen LogP contribution in [-0.4, -0.2) is 38.3 Å². The first kappa shape index (κ1) is 24.2.